The van der Waals surface area contributed by atoms with Gasteiger partial charge in [0, 0.05) is 0 Å². The quantitative estimate of drug-likeness (QED) is 0.142. The Labute approximate surface area is 176 Å². The molecule has 0 aliphatic carbocycles. The van der Waals surface area contributed by atoms with E-state index in [0.29, 0.717) is 12.2 Å². The first-order chi connectivity index (χ1) is 13.9. The van der Waals surface area contributed by atoms with E-state index in [1.807, 2.05) is 11.6 Å². The van der Waals surface area contributed by atoms with Crippen LogP contribution in [0.4, 0.5) is 0 Å². The van der Waals surface area contributed by atoms with Crippen molar-refractivity contribution in [1.29, 1.82) is 0 Å². The largest absolute Gasteiger partial charge is 0.481 e. The lowest BCUT2D eigenvalue weighted by Gasteiger charge is -2.23. The van der Waals surface area contributed by atoms with Crippen LogP contribution >= 0.6 is 11.8 Å². The second kappa shape index (κ2) is 13.4. The summed E-state index contributed by atoms with van der Waals surface area (Å²) in [7, 11) is 0. The molecule has 0 rings (SSSR count). The lowest BCUT2D eigenvalue weighted by atomic mass is 10.1. The molecular formula is C16H27N5O8S. The Morgan fingerprint density at radius 3 is 1.87 bits per heavy atom. The lowest BCUT2D eigenvalue weighted by Crippen LogP contribution is -2.57. The maximum atomic E-state index is 12.5. The summed E-state index contributed by atoms with van der Waals surface area (Å²) in [6.07, 6.45) is 0.621. The van der Waals surface area contributed by atoms with Crippen molar-refractivity contribution in [2.75, 3.05) is 12.0 Å². The standard InChI is InChI=1S/C16H27N5O8S/c1-7(16(28)29)19-14(26)10(6-12(23)24)21-15(27)9(5-11(18)22)20-13(25)8(17)3-4-30-2/h7-10H,3-6,17H2,1-2H3,(H2,18,22)(H,19,26)(H,20,25)(H,21,27)(H,23,24)(H,28,29). The van der Waals surface area contributed by atoms with E-state index in [-0.39, 0.29) is 0 Å². The van der Waals surface area contributed by atoms with E-state index >= 15 is 0 Å². The fraction of sp³-hybridized carbons (Fsp3) is 0.625. The van der Waals surface area contributed by atoms with Gasteiger partial charge in [-0.15, -0.1) is 0 Å². The number of carbonyl (C=O) groups excluding carboxylic acids is 4. The molecule has 13 nitrogen and oxygen atoms in total. The highest BCUT2D eigenvalue weighted by molar-refractivity contribution is 7.98. The molecule has 30 heavy (non-hydrogen) atoms. The Kier molecular flexibility index (Phi) is 12.1. The number of hydrogen-bond donors (Lipinski definition) is 7. The van der Waals surface area contributed by atoms with Gasteiger partial charge in [-0.25, -0.2) is 0 Å². The minimum absolute atomic E-state index is 0.301. The number of thioether (sulfide) groups is 1. The molecule has 0 bridgehead atoms. The number of nitrogens with two attached hydrogens (primary N) is 2. The maximum absolute atomic E-state index is 12.5. The zero-order valence-corrected chi connectivity index (χ0v) is 17.4. The van der Waals surface area contributed by atoms with Crippen LogP contribution in [0.2, 0.25) is 0 Å². The topological polar surface area (TPSA) is 231 Å². The van der Waals surface area contributed by atoms with Crippen LogP contribution in [0.15, 0.2) is 0 Å². The molecule has 4 atom stereocenters. The fourth-order valence-corrected chi connectivity index (χ4v) is 2.59. The molecule has 9 N–H and O–H groups in total. The van der Waals surface area contributed by atoms with Crippen molar-refractivity contribution in [2.24, 2.45) is 11.5 Å². The normalized spacial score (nSPS) is 14.5. The molecule has 0 saturated carbocycles. The molecule has 0 spiro atoms. The van der Waals surface area contributed by atoms with Gasteiger partial charge in [-0.05, 0) is 25.4 Å². The van der Waals surface area contributed by atoms with Gasteiger partial charge in [0.25, 0.3) is 0 Å². The summed E-state index contributed by atoms with van der Waals surface area (Å²) in [5.41, 5.74) is 10.8. The molecule has 0 heterocycles. The number of carboxylic acid groups (broad SMARTS) is 2. The number of carboxylic acids is 2. The molecule has 0 aromatic heterocycles. The highest BCUT2D eigenvalue weighted by Crippen LogP contribution is 2.02. The van der Waals surface area contributed by atoms with E-state index in [1.165, 1.54) is 11.8 Å². The summed E-state index contributed by atoms with van der Waals surface area (Å²) in [4.78, 5) is 70.0. The van der Waals surface area contributed by atoms with E-state index in [9.17, 15) is 28.8 Å². The van der Waals surface area contributed by atoms with Crippen molar-refractivity contribution < 1.29 is 39.0 Å². The van der Waals surface area contributed by atoms with E-state index in [4.69, 9.17) is 21.7 Å². The SMILES string of the molecule is CSCCC(N)C(=O)NC(CC(N)=O)C(=O)NC(CC(=O)O)C(=O)NC(C)C(=O)O. The molecule has 0 fully saturated rings. The van der Waals surface area contributed by atoms with Gasteiger partial charge in [-0.1, -0.05) is 0 Å². The average Bonchev–Trinajstić information content (AvgIpc) is 2.63. The molecular weight excluding hydrogens is 422 g/mol. The van der Waals surface area contributed by atoms with Gasteiger partial charge in [-0.2, -0.15) is 11.8 Å². The molecule has 14 heteroatoms. The first kappa shape index (κ1) is 27.1. The Balaban J connectivity index is 5.34. The number of carbonyl (C=O) groups is 6. The summed E-state index contributed by atoms with van der Waals surface area (Å²) < 4.78 is 0. The van der Waals surface area contributed by atoms with Crippen LogP contribution in [0.25, 0.3) is 0 Å². The molecule has 0 aliphatic rings. The summed E-state index contributed by atoms with van der Waals surface area (Å²) in [6, 6.07) is -5.47. The molecule has 0 aromatic carbocycles. The third-order valence-corrected chi connectivity index (χ3v) is 4.39. The summed E-state index contributed by atoms with van der Waals surface area (Å²) >= 11 is 1.45. The highest BCUT2D eigenvalue weighted by Gasteiger charge is 2.31. The van der Waals surface area contributed by atoms with Gasteiger partial charge in [0.2, 0.25) is 23.6 Å². The number of amides is 4. The van der Waals surface area contributed by atoms with E-state index in [2.05, 4.69) is 10.6 Å². The zero-order chi connectivity index (χ0) is 23.4. The van der Waals surface area contributed by atoms with Gasteiger partial charge in [0.05, 0.1) is 18.9 Å². The van der Waals surface area contributed by atoms with Crippen LogP contribution in [-0.2, 0) is 28.8 Å². The first-order valence-electron chi connectivity index (χ1n) is 8.77. The predicted octanol–water partition coefficient (Wildman–Crippen LogP) is -3.02. The third kappa shape index (κ3) is 10.6. The van der Waals surface area contributed by atoms with Crippen LogP contribution in [0.1, 0.15) is 26.2 Å². The van der Waals surface area contributed by atoms with Crippen molar-refractivity contribution in [3.8, 4) is 0 Å². The molecule has 0 radical (unpaired) electrons. The van der Waals surface area contributed by atoms with E-state index < -0.39 is 72.6 Å². The van der Waals surface area contributed by atoms with Gasteiger partial charge in [0.1, 0.15) is 18.1 Å². The van der Waals surface area contributed by atoms with Crippen LogP contribution in [0.3, 0.4) is 0 Å². The number of aliphatic carboxylic acids is 2. The zero-order valence-electron chi connectivity index (χ0n) is 16.5. The number of rotatable bonds is 14. The van der Waals surface area contributed by atoms with Crippen molar-refractivity contribution >= 4 is 47.3 Å². The molecule has 4 unspecified atom stereocenters. The van der Waals surface area contributed by atoms with Gasteiger partial charge in [0.15, 0.2) is 0 Å². The summed E-state index contributed by atoms with van der Waals surface area (Å²) in [5, 5.41) is 24.2. The van der Waals surface area contributed by atoms with Gasteiger partial charge in [-0.3, -0.25) is 28.8 Å². The number of hydrogen-bond acceptors (Lipinski definition) is 8. The average molecular weight is 449 g/mol. The third-order valence-electron chi connectivity index (χ3n) is 3.75. The second-order valence-corrected chi connectivity index (χ2v) is 7.33. The smallest absolute Gasteiger partial charge is 0.325 e. The van der Waals surface area contributed by atoms with Crippen molar-refractivity contribution in [1.82, 2.24) is 16.0 Å². The second-order valence-electron chi connectivity index (χ2n) is 6.35. The van der Waals surface area contributed by atoms with Crippen LogP contribution in [0.5, 0.6) is 0 Å². The van der Waals surface area contributed by atoms with E-state index in [1.54, 1.807) is 0 Å². The Morgan fingerprint density at radius 2 is 1.40 bits per heavy atom. The maximum Gasteiger partial charge on any atom is 0.325 e. The molecule has 0 aliphatic heterocycles. The fourth-order valence-electron chi connectivity index (χ4n) is 2.10. The minimum Gasteiger partial charge on any atom is -0.481 e. The molecule has 170 valence electrons. The van der Waals surface area contributed by atoms with Crippen molar-refractivity contribution in [2.45, 2.75) is 50.4 Å². The van der Waals surface area contributed by atoms with Gasteiger partial charge >= 0.3 is 11.9 Å². The predicted molar refractivity (Wildman–Crippen MR) is 106 cm³/mol. The van der Waals surface area contributed by atoms with E-state index in [0.717, 1.165) is 6.92 Å². The Bertz CT molecular complexity index is 674. The van der Waals surface area contributed by atoms with Crippen LogP contribution < -0.4 is 27.4 Å². The van der Waals surface area contributed by atoms with Crippen molar-refractivity contribution in [3.63, 3.8) is 0 Å². The molecule has 0 aromatic rings. The van der Waals surface area contributed by atoms with Crippen molar-refractivity contribution in [3.05, 3.63) is 0 Å². The Hall–Kier alpha value is -2.87. The van der Waals surface area contributed by atoms with Crippen LogP contribution in [0, 0.1) is 0 Å². The number of nitrogens with one attached hydrogen (secondary N) is 3. The monoisotopic (exact) mass is 449 g/mol. The molecule has 0 saturated heterocycles. The Morgan fingerprint density at radius 1 is 0.900 bits per heavy atom. The minimum atomic E-state index is -1.66. The summed E-state index contributed by atoms with van der Waals surface area (Å²) in [6.45, 7) is 1.14. The molecule has 4 amide bonds. The lowest BCUT2D eigenvalue weighted by molar-refractivity contribution is -0.143. The first-order valence-corrected chi connectivity index (χ1v) is 10.2. The highest BCUT2D eigenvalue weighted by atomic mass is 32.2. The van der Waals surface area contributed by atoms with Gasteiger partial charge < -0.3 is 37.6 Å². The van der Waals surface area contributed by atoms with Crippen LogP contribution in [-0.4, -0.2) is 82.0 Å². The summed E-state index contributed by atoms with van der Waals surface area (Å²) in [5.74, 6) is -6.04. The number of primary amides is 1.